The Kier molecular flexibility index (Phi) is 2.96. The van der Waals surface area contributed by atoms with Gasteiger partial charge in [-0.3, -0.25) is 0 Å². The molecule has 0 radical (unpaired) electrons. The van der Waals surface area contributed by atoms with Gasteiger partial charge < -0.3 is 5.73 Å². The maximum Gasteiger partial charge on any atom is 0.182 e. The van der Waals surface area contributed by atoms with Crippen molar-refractivity contribution in [3.8, 4) is 11.4 Å². The van der Waals surface area contributed by atoms with Crippen LogP contribution in [0.4, 0.5) is 5.69 Å². The number of nitrogen functional groups attached to an aromatic ring is 1. The first-order valence-electron chi connectivity index (χ1n) is 6.45. The molecule has 1 aliphatic carbocycles. The Balaban J connectivity index is 1.71. The lowest BCUT2D eigenvalue weighted by atomic mass is 10.2. The van der Waals surface area contributed by atoms with Gasteiger partial charge in [-0.15, -0.1) is 5.10 Å². The highest BCUT2D eigenvalue weighted by Crippen LogP contribution is 2.33. The summed E-state index contributed by atoms with van der Waals surface area (Å²) in [6.45, 7) is 0.892. The highest BCUT2D eigenvalue weighted by Gasteiger charge is 2.20. The number of aromatic nitrogens is 4. The highest BCUT2D eigenvalue weighted by atomic mass is 15.5. The van der Waals surface area contributed by atoms with Gasteiger partial charge in [-0.1, -0.05) is 12.8 Å². The molecule has 0 atom stereocenters. The zero-order valence-electron chi connectivity index (χ0n) is 10.3. The van der Waals surface area contributed by atoms with Crippen LogP contribution < -0.4 is 5.73 Å². The summed E-state index contributed by atoms with van der Waals surface area (Å²) in [6.07, 6.45) is 5.25. The maximum absolute atomic E-state index is 5.68. The van der Waals surface area contributed by atoms with Gasteiger partial charge >= 0.3 is 0 Å². The monoisotopic (exact) mass is 243 g/mol. The van der Waals surface area contributed by atoms with Crippen LogP contribution in [-0.4, -0.2) is 20.2 Å². The van der Waals surface area contributed by atoms with Gasteiger partial charge in [-0.2, -0.15) is 0 Å². The number of aryl methyl sites for hydroxylation is 1. The van der Waals surface area contributed by atoms with Crippen molar-refractivity contribution < 1.29 is 0 Å². The van der Waals surface area contributed by atoms with E-state index in [9.17, 15) is 0 Å². The molecule has 1 saturated carbocycles. The summed E-state index contributed by atoms with van der Waals surface area (Å²) in [5.74, 6) is 1.78. The van der Waals surface area contributed by atoms with Crippen molar-refractivity contribution in [2.75, 3.05) is 5.73 Å². The largest absolute Gasteiger partial charge is 0.399 e. The minimum atomic E-state index is 0.756. The van der Waals surface area contributed by atoms with Gasteiger partial charge in [-0.05, 0) is 53.5 Å². The molecule has 18 heavy (non-hydrogen) atoms. The second-order valence-corrected chi connectivity index (χ2v) is 4.93. The quantitative estimate of drug-likeness (QED) is 0.816. The third-order valence-electron chi connectivity index (χ3n) is 3.38. The molecule has 1 aromatic carbocycles. The Hall–Kier alpha value is -1.91. The maximum atomic E-state index is 5.68. The molecule has 0 aliphatic heterocycles. The molecule has 2 N–H and O–H groups in total. The molecule has 1 aliphatic rings. The summed E-state index contributed by atoms with van der Waals surface area (Å²) in [5, 5.41) is 11.9. The van der Waals surface area contributed by atoms with Crippen molar-refractivity contribution in [3.63, 3.8) is 0 Å². The first kappa shape index (κ1) is 11.2. The molecular weight excluding hydrogens is 226 g/mol. The zero-order valence-corrected chi connectivity index (χ0v) is 10.3. The first-order valence-corrected chi connectivity index (χ1v) is 6.45. The number of nitrogens with two attached hydrogens (primary N) is 1. The van der Waals surface area contributed by atoms with E-state index in [2.05, 4.69) is 15.5 Å². The van der Waals surface area contributed by atoms with Crippen molar-refractivity contribution in [2.24, 2.45) is 5.92 Å². The van der Waals surface area contributed by atoms with Gasteiger partial charge in [0.2, 0.25) is 0 Å². The van der Waals surface area contributed by atoms with Crippen molar-refractivity contribution in [1.29, 1.82) is 0 Å². The van der Waals surface area contributed by atoms with E-state index in [1.165, 1.54) is 19.3 Å². The Morgan fingerprint density at radius 3 is 2.72 bits per heavy atom. The SMILES string of the molecule is Nc1ccc(-c2nnnn2CCCC2CC2)cc1. The second-order valence-electron chi connectivity index (χ2n) is 4.93. The van der Waals surface area contributed by atoms with Gasteiger partial charge in [0.05, 0.1) is 0 Å². The van der Waals surface area contributed by atoms with Crippen LogP contribution in [-0.2, 0) is 6.54 Å². The molecule has 0 saturated heterocycles. The summed E-state index contributed by atoms with van der Waals surface area (Å²) in [4.78, 5) is 0. The van der Waals surface area contributed by atoms with Gasteiger partial charge in [0, 0.05) is 17.8 Å². The Morgan fingerprint density at radius 1 is 1.22 bits per heavy atom. The normalized spacial score (nSPS) is 14.9. The molecule has 1 heterocycles. The van der Waals surface area contributed by atoms with E-state index in [4.69, 9.17) is 5.73 Å². The summed E-state index contributed by atoms with van der Waals surface area (Å²) in [5.41, 5.74) is 7.45. The van der Waals surface area contributed by atoms with E-state index >= 15 is 0 Å². The number of hydrogen-bond donors (Lipinski definition) is 1. The van der Waals surface area contributed by atoms with E-state index in [1.54, 1.807) is 0 Å². The molecule has 0 unspecified atom stereocenters. The van der Waals surface area contributed by atoms with E-state index in [0.29, 0.717) is 0 Å². The third-order valence-corrected chi connectivity index (χ3v) is 3.38. The molecule has 1 aromatic heterocycles. The van der Waals surface area contributed by atoms with Crippen LogP contribution in [0, 0.1) is 5.92 Å². The fraction of sp³-hybridized carbons (Fsp3) is 0.462. The van der Waals surface area contributed by atoms with Gasteiger partial charge in [0.1, 0.15) is 0 Å². The smallest absolute Gasteiger partial charge is 0.182 e. The average Bonchev–Trinajstić information content (AvgIpc) is 3.08. The highest BCUT2D eigenvalue weighted by molar-refractivity contribution is 5.58. The third kappa shape index (κ3) is 2.50. The van der Waals surface area contributed by atoms with E-state index in [1.807, 2.05) is 28.9 Å². The van der Waals surface area contributed by atoms with Crippen LogP contribution >= 0.6 is 0 Å². The standard InChI is InChI=1S/C13H17N5/c14-12-7-5-11(6-8-12)13-15-16-17-18(13)9-1-2-10-3-4-10/h5-8,10H,1-4,9,14H2. The zero-order chi connectivity index (χ0) is 12.4. The van der Waals surface area contributed by atoms with Crippen molar-refractivity contribution in [1.82, 2.24) is 20.2 Å². The lowest BCUT2D eigenvalue weighted by molar-refractivity contribution is 0.526. The topological polar surface area (TPSA) is 69.6 Å². The van der Waals surface area contributed by atoms with E-state index < -0.39 is 0 Å². The second kappa shape index (κ2) is 4.76. The number of tetrazole rings is 1. The van der Waals surface area contributed by atoms with Crippen LogP contribution in [0.15, 0.2) is 24.3 Å². The molecule has 0 bridgehead atoms. The van der Waals surface area contributed by atoms with E-state index in [-0.39, 0.29) is 0 Å². The van der Waals surface area contributed by atoms with Crippen LogP contribution in [0.2, 0.25) is 0 Å². The number of hydrogen-bond acceptors (Lipinski definition) is 4. The number of rotatable bonds is 5. The Labute approximate surface area is 106 Å². The summed E-state index contributed by atoms with van der Waals surface area (Å²) < 4.78 is 1.88. The van der Waals surface area contributed by atoms with E-state index in [0.717, 1.165) is 36.0 Å². The van der Waals surface area contributed by atoms with Crippen LogP contribution in [0.5, 0.6) is 0 Å². The predicted molar refractivity (Wildman–Crippen MR) is 69.6 cm³/mol. The van der Waals surface area contributed by atoms with Crippen LogP contribution in [0.25, 0.3) is 11.4 Å². The molecule has 3 rings (SSSR count). The van der Waals surface area contributed by atoms with Gasteiger partial charge in [0.25, 0.3) is 0 Å². The lowest BCUT2D eigenvalue weighted by Crippen LogP contribution is -2.03. The minimum absolute atomic E-state index is 0.756. The van der Waals surface area contributed by atoms with Crippen LogP contribution in [0.1, 0.15) is 25.7 Å². The lowest BCUT2D eigenvalue weighted by Gasteiger charge is -2.04. The molecule has 0 amide bonds. The van der Waals surface area contributed by atoms with Gasteiger partial charge in [-0.25, -0.2) is 4.68 Å². The first-order chi connectivity index (χ1) is 8.83. The van der Waals surface area contributed by atoms with Crippen molar-refractivity contribution in [3.05, 3.63) is 24.3 Å². The molecule has 2 aromatic rings. The average molecular weight is 243 g/mol. The van der Waals surface area contributed by atoms with Gasteiger partial charge in [0.15, 0.2) is 5.82 Å². The van der Waals surface area contributed by atoms with Crippen molar-refractivity contribution >= 4 is 5.69 Å². The fourth-order valence-corrected chi connectivity index (χ4v) is 2.13. The number of anilines is 1. The molecule has 5 heteroatoms. The summed E-state index contributed by atoms with van der Waals surface area (Å²) in [7, 11) is 0. The van der Waals surface area contributed by atoms with Crippen LogP contribution in [0.3, 0.4) is 0 Å². The predicted octanol–water partition coefficient (Wildman–Crippen LogP) is 2.11. The fourth-order valence-electron chi connectivity index (χ4n) is 2.13. The molecule has 94 valence electrons. The summed E-state index contributed by atoms with van der Waals surface area (Å²) in [6, 6.07) is 7.66. The summed E-state index contributed by atoms with van der Waals surface area (Å²) >= 11 is 0. The Bertz CT molecular complexity index is 512. The minimum Gasteiger partial charge on any atom is -0.399 e. The Morgan fingerprint density at radius 2 is 2.00 bits per heavy atom. The number of nitrogens with zero attached hydrogens (tertiary/aromatic N) is 4. The molecule has 5 nitrogen and oxygen atoms in total. The number of benzene rings is 1. The molecular formula is C13H17N5. The molecule has 0 spiro atoms. The molecule has 1 fully saturated rings. The van der Waals surface area contributed by atoms with Crippen molar-refractivity contribution in [2.45, 2.75) is 32.2 Å².